The van der Waals surface area contributed by atoms with Crippen LogP contribution in [0.1, 0.15) is 35.7 Å². The van der Waals surface area contributed by atoms with E-state index in [4.69, 9.17) is 4.52 Å². The zero-order valence-electron chi connectivity index (χ0n) is 14.4. The number of fused-ring (bicyclic) bond motifs is 1. The maximum absolute atomic E-state index is 13.0. The zero-order chi connectivity index (χ0) is 17.4. The molecule has 6 nitrogen and oxygen atoms in total. The van der Waals surface area contributed by atoms with Crippen LogP contribution in [0.25, 0.3) is 0 Å². The van der Waals surface area contributed by atoms with E-state index in [9.17, 15) is 9.90 Å². The molecule has 1 atom stereocenters. The SMILES string of the molecule is Cc1noc(CC2(O)CCCN(C(=O)C3Cc4ccccc4C3)C2)n1. The lowest BCUT2D eigenvalue weighted by molar-refractivity contribution is -0.142. The number of rotatable bonds is 3. The fourth-order valence-corrected chi connectivity index (χ4v) is 4.13. The van der Waals surface area contributed by atoms with Crippen molar-refractivity contribution in [2.24, 2.45) is 5.92 Å². The molecule has 0 saturated carbocycles. The van der Waals surface area contributed by atoms with E-state index in [1.807, 2.05) is 17.0 Å². The van der Waals surface area contributed by atoms with Crippen molar-refractivity contribution in [2.75, 3.05) is 13.1 Å². The van der Waals surface area contributed by atoms with Crippen LogP contribution in [0.15, 0.2) is 28.8 Å². The minimum atomic E-state index is -0.988. The number of benzene rings is 1. The van der Waals surface area contributed by atoms with Gasteiger partial charge in [0.25, 0.3) is 0 Å². The fraction of sp³-hybridized carbons (Fsp3) is 0.526. The van der Waals surface area contributed by atoms with Gasteiger partial charge in [0.2, 0.25) is 11.8 Å². The molecule has 1 amide bonds. The second-order valence-corrected chi connectivity index (χ2v) is 7.37. The lowest BCUT2D eigenvalue weighted by Gasteiger charge is -2.39. The summed E-state index contributed by atoms with van der Waals surface area (Å²) >= 11 is 0. The summed E-state index contributed by atoms with van der Waals surface area (Å²) in [5.74, 6) is 1.13. The van der Waals surface area contributed by atoms with Crippen LogP contribution in [0.2, 0.25) is 0 Å². The number of carbonyl (C=O) groups excluding carboxylic acids is 1. The van der Waals surface area contributed by atoms with E-state index >= 15 is 0 Å². The number of hydrogen-bond donors (Lipinski definition) is 1. The summed E-state index contributed by atoms with van der Waals surface area (Å²) in [5.41, 5.74) is 1.56. The first kappa shape index (κ1) is 16.3. The molecule has 1 unspecified atom stereocenters. The van der Waals surface area contributed by atoms with Crippen LogP contribution in [-0.2, 0) is 24.1 Å². The summed E-state index contributed by atoms with van der Waals surface area (Å²) in [6.07, 6.45) is 3.32. The lowest BCUT2D eigenvalue weighted by Crippen LogP contribution is -2.53. The Bertz CT molecular complexity index is 763. The van der Waals surface area contributed by atoms with Gasteiger partial charge in [-0.05, 0) is 43.7 Å². The Morgan fingerprint density at radius 2 is 2.08 bits per heavy atom. The van der Waals surface area contributed by atoms with Crippen molar-refractivity contribution in [2.45, 2.75) is 44.6 Å². The highest BCUT2D eigenvalue weighted by Crippen LogP contribution is 2.31. The number of likely N-dealkylation sites (tertiary alicyclic amines) is 1. The predicted molar refractivity (Wildman–Crippen MR) is 90.8 cm³/mol. The van der Waals surface area contributed by atoms with Gasteiger partial charge in [-0.3, -0.25) is 4.79 Å². The Morgan fingerprint density at radius 1 is 1.36 bits per heavy atom. The molecule has 1 saturated heterocycles. The summed E-state index contributed by atoms with van der Waals surface area (Å²) in [4.78, 5) is 19.0. The van der Waals surface area contributed by atoms with E-state index in [2.05, 4.69) is 22.3 Å². The van der Waals surface area contributed by atoms with Gasteiger partial charge in [-0.25, -0.2) is 0 Å². The molecular formula is C19H23N3O3. The predicted octanol–water partition coefficient (Wildman–Crippen LogP) is 1.69. The normalized spacial score (nSPS) is 23.7. The van der Waals surface area contributed by atoms with Crippen molar-refractivity contribution in [3.63, 3.8) is 0 Å². The third kappa shape index (κ3) is 3.31. The number of aryl methyl sites for hydroxylation is 1. The van der Waals surface area contributed by atoms with Gasteiger partial charge in [0.15, 0.2) is 5.82 Å². The minimum absolute atomic E-state index is 0.00889. The van der Waals surface area contributed by atoms with Crippen molar-refractivity contribution in [3.05, 3.63) is 47.1 Å². The molecule has 2 aromatic rings. The van der Waals surface area contributed by atoms with Gasteiger partial charge in [0.1, 0.15) is 0 Å². The third-order valence-electron chi connectivity index (χ3n) is 5.32. The smallest absolute Gasteiger partial charge is 0.229 e. The van der Waals surface area contributed by atoms with Gasteiger partial charge < -0.3 is 14.5 Å². The number of β-amino-alcohol motifs (C(OH)–C–C–N with tert-alkyl or cyclic N) is 1. The van der Waals surface area contributed by atoms with Crippen LogP contribution in [-0.4, -0.2) is 44.7 Å². The Kier molecular flexibility index (Phi) is 4.07. The van der Waals surface area contributed by atoms with E-state index in [0.717, 1.165) is 19.3 Å². The molecule has 1 fully saturated rings. The molecule has 1 aromatic heterocycles. The van der Waals surface area contributed by atoms with E-state index in [0.29, 0.717) is 37.6 Å². The monoisotopic (exact) mass is 341 g/mol. The molecule has 4 rings (SSSR count). The highest BCUT2D eigenvalue weighted by molar-refractivity contribution is 5.80. The van der Waals surface area contributed by atoms with Crippen LogP contribution < -0.4 is 0 Å². The maximum Gasteiger partial charge on any atom is 0.229 e. The number of aromatic nitrogens is 2. The topological polar surface area (TPSA) is 79.5 Å². The lowest BCUT2D eigenvalue weighted by atomic mass is 9.88. The van der Waals surface area contributed by atoms with Gasteiger partial charge >= 0.3 is 0 Å². The van der Waals surface area contributed by atoms with Crippen molar-refractivity contribution < 1.29 is 14.4 Å². The molecule has 2 aliphatic rings. The van der Waals surface area contributed by atoms with Gasteiger partial charge in [0, 0.05) is 19.0 Å². The highest BCUT2D eigenvalue weighted by Gasteiger charge is 2.39. The van der Waals surface area contributed by atoms with Crippen LogP contribution in [0, 0.1) is 12.8 Å². The maximum atomic E-state index is 13.0. The molecule has 1 N–H and O–H groups in total. The zero-order valence-corrected chi connectivity index (χ0v) is 14.4. The summed E-state index contributed by atoms with van der Waals surface area (Å²) in [6.45, 7) is 2.79. The summed E-state index contributed by atoms with van der Waals surface area (Å²) in [7, 11) is 0. The van der Waals surface area contributed by atoms with Crippen molar-refractivity contribution >= 4 is 5.91 Å². The molecule has 2 heterocycles. The van der Waals surface area contributed by atoms with E-state index in [1.54, 1.807) is 6.92 Å². The van der Waals surface area contributed by atoms with Gasteiger partial charge in [-0.2, -0.15) is 4.98 Å². The molecule has 6 heteroatoms. The Labute approximate surface area is 146 Å². The van der Waals surface area contributed by atoms with E-state index < -0.39 is 5.60 Å². The number of nitrogens with zero attached hydrogens (tertiary/aromatic N) is 3. The number of amides is 1. The van der Waals surface area contributed by atoms with Crippen LogP contribution in [0.5, 0.6) is 0 Å². The average molecular weight is 341 g/mol. The molecule has 25 heavy (non-hydrogen) atoms. The van der Waals surface area contributed by atoms with E-state index in [1.165, 1.54) is 11.1 Å². The molecule has 132 valence electrons. The second kappa shape index (κ2) is 6.26. The number of aliphatic hydroxyl groups is 1. The molecule has 1 aromatic carbocycles. The van der Waals surface area contributed by atoms with Crippen LogP contribution >= 0.6 is 0 Å². The summed E-state index contributed by atoms with van der Waals surface area (Å²) in [6, 6.07) is 8.26. The van der Waals surface area contributed by atoms with Crippen LogP contribution in [0.3, 0.4) is 0 Å². The van der Waals surface area contributed by atoms with Crippen molar-refractivity contribution in [1.29, 1.82) is 0 Å². The molecule has 0 radical (unpaired) electrons. The molecule has 0 spiro atoms. The minimum Gasteiger partial charge on any atom is -0.388 e. The quantitative estimate of drug-likeness (QED) is 0.919. The summed E-state index contributed by atoms with van der Waals surface area (Å²) < 4.78 is 5.15. The van der Waals surface area contributed by atoms with Crippen LogP contribution in [0.4, 0.5) is 0 Å². The van der Waals surface area contributed by atoms with Crippen molar-refractivity contribution in [3.8, 4) is 0 Å². The van der Waals surface area contributed by atoms with Crippen molar-refractivity contribution in [1.82, 2.24) is 15.0 Å². The second-order valence-electron chi connectivity index (χ2n) is 7.37. The number of piperidine rings is 1. The number of hydrogen-bond acceptors (Lipinski definition) is 5. The Balaban J connectivity index is 1.43. The Morgan fingerprint density at radius 3 is 2.72 bits per heavy atom. The third-order valence-corrected chi connectivity index (χ3v) is 5.32. The molecule has 1 aliphatic heterocycles. The average Bonchev–Trinajstić information content (AvgIpc) is 3.19. The molecule has 1 aliphatic carbocycles. The Hall–Kier alpha value is -2.21. The molecule has 0 bridgehead atoms. The molecular weight excluding hydrogens is 318 g/mol. The highest BCUT2D eigenvalue weighted by atomic mass is 16.5. The first-order valence-electron chi connectivity index (χ1n) is 8.90. The first-order valence-corrected chi connectivity index (χ1v) is 8.90. The summed E-state index contributed by atoms with van der Waals surface area (Å²) in [5, 5.41) is 14.7. The van der Waals surface area contributed by atoms with E-state index in [-0.39, 0.29) is 11.8 Å². The largest absolute Gasteiger partial charge is 0.388 e. The van der Waals surface area contributed by atoms with Gasteiger partial charge in [-0.15, -0.1) is 0 Å². The number of carbonyl (C=O) groups is 1. The standard InChI is InChI=1S/C19H23N3O3/c1-13-20-17(25-21-13)11-19(24)7-4-8-22(12-19)18(23)16-9-14-5-2-3-6-15(14)10-16/h2-3,5-6,16,24H,4,7-12H2,1H3. The van der Waals surface area contributed by atoms with Gasteiger partial charge in [0.05, 0.1) is 12.0 Å². The first-order chi connectivity index (χ1) is 12.0. The fourth-order valence-electron chi connectivity index (χ4n) is 4.13. The van der Waals surface area contributed by atoms with Gasteiger partial charge in [-0.1, -0.05) is 29.4 Å².